The second kappa shape index (κ2) is 9.98. The molecule has 9 nitrogen and oxygen atoms in total. The molecule has 0 saturated carbocycles. The zero-order valence-electron chi connectivity index (χ0n) is 12.5. The van der Waals surface area contributed by atoms with Gasteiger partial charge in [0.2, 0.25) is 0 Å². The highest BCUT2D eigenvalue weighted by molar-refractivity contribution is 5.89. The Bertz CT molecular complexity index is 418. The first-order valence-electron chi connectivity index (χ1n) is 6.71. The molecule has 0 saturated heterocycles. The van der Waals surface area contributed by atoms with Crippen molar-refractivity contribution in [3.8, 4) is 0 Å². The molecule has 2 unspecified atom stereocenters. The highest BCUT2D eigenvalue weighted by Crippen LogP contribution is 2.03. The van der Waals surface area contributed by atoms with E-state index in [9.17, 15) is 19.2 Å². The van der Waals surface area contributed by atoms with Crippen molar-refractivity contribution in [1.29, 1.82) is 0 Å². The molecule has 0 amide bonds. The van der Waals surface area contributed by atoms with Gasteiger partial charge >= 0.3 is 23.9 Å². The van der Waals surface area contributed by atoms with Crippen molar-refractivity contribution in [1.82, 2.24) is 0 Å². The van der Waals surface area contributed by atoms with Crippen LogP contribution >= 0.6 is 0 Å². The van der Waals surface area contributed by atoms with Crippen LogP contribution in [-0.4, -0.2) is 52.3 Å². The number of carbonyl (C=O) groups is 4. The molecule has 0 fully saturated rings. The lowest BCUT2D eigenvalue weighted by Gasteiger charge is -2.10. The number of ether oxygens (including phenoxy) is 2. The first kappa shape index (κ1) is 20.2. The van der Waals surface area contributed by atoms with E-state index in [2.05, 4.69) is 9.47 Å². The molecule has 4 N–H and O–H groups in total. The largest absolute Gasteiger partial charge is 0.393 e. The van der Waals surface area contributed by atoms with Crippen LogP contribution in [0.15, 0.2) is 0 Å². The molecule has 0 radical (unpaired) electrons. The predicted molar refractivity (Wildman–Crippen MR) is 72.0 cm³/mol. The highest BCUT2D eigenvalue weighted by Gasteiger charge is 2.22. The number of hydrogen-bond acceptors (Lipinski definition) is 9. The molecular weight excluding hydrogens is 298 g/mol. The number of rotatable bonds is 8. The Balaban J connectivity index is 4.08. The Morgan fingerprint density at radius 2 is 1.36 bits per heavy atom. The highest BCUT2D eigenvalue weighted by atomic mass is 16.6. The quantitative estimate of drug-likeness (QED) is 0.369. The van der Waals surface area contributed by atoms with Gasteiger partial charge < -0.3 is 25.4 Å². The van der Waals surface area contributed by atoms with Crippen molar-refractivity contribution in [3.05, 3.63) is 0 Å². The average molecular weight is 319 g/mol. The van der Waals surface area contributed by atoms with E-state index in [1.165, 1.54) is 13.8 Å². The van der Waals surface area contributed by atoms with Gasteiger partial charge in [0, 0.05) is 6.42 Å². The molecule has 0 heterocycles. The van der Waals surface area contributed by atoms with Crippen molar-refractivity contribution < 1.29 is 38.9 Å². The van der Waals surface area contributed by atoms with Crippen molar-refractivity contribution in [2.45, 2.75) is 57.8 Å². The van der Waals surface area contributed by atoms with Crippen LogP contribution in [0.25, 0.3) is 0 Å². The van der Waals surface area contributed by atoms with Crippen LogP contribution in [0.5, 0.6) is 0 Å². The van der Waals surface area contributed by atoms with E-state index in [0.717, 1.165) is 0 Å². The lowest BCUT2D eigenvalue weighted by molar-refractivity contribution is -0.161. The molecule has 0 aliphatic heterocycles. The Morgan fingerprint density at radius 3 is 1.82 bits per heavy atom. The predicted octanol–water partition coefficient (Wildman–Crippen LogP) is -1.22. The van der Waals surface area contributed by atoms with Gasteiger partial charge in [-0.2, -0.15) is 0 Å². The zero-order valence-corrected chi connectivity index (χ0v) is 12.5. The number of esters is 4. The molecule has 0 spiro atoms. The first-order chi connectivity index (χ1) is 10.1. The molecule has 0 aromatic rings. The fourth-order valence-corrected chi connectivity index (χ4v) is 1.32. The third kappa shape index (κ3) is 9.97. The van der Waals surface area contributed by atoms with Crippen LogP contribution in [0, 0.1) is 0 Å². The third-order valence-electron chi connectivity index (χ3n) is 2.33. The summed E-state index contributed by atoms with van der Waals surface area (Å²) in [4.78, 5) is 44.9. The van der Waals surface area contributed by atoms with E-state index in [0.29, 0.717) is 0 Å². The average Bonchev–Trinajstić information content (AvgIpc) is 2.33. The SMILES string of the molecule is CC(O)CC(=O)OC(=O)CC[C@H](N)C(=O)OC(=O)CC(C)O. The van der Waals surface area contributed by atoms with E-state index >= 15 is 0 Å². The van der Waals surface area contributed by atoms with Crippen LogP contribution < -0.4 is 5.73 Å². The van der Waals surface area contributed by atoms with Gasteiger partial charge in [0.25, 0.3) is 0 Å². The molecule has 22 heavy (non-hydrogen) atoms. The van der Waals surface area contributed by atoms with Crippen molar-refractivity contribution in [2.75, 3.05) is 0 Å². The van der Waals surface area contributed by atoms with E-state index < -0.39 is 42.1 Å². The summed E-state index contributed by atoms with van der Waals surface area (Å²) in [6, 6.07) is -1.24. The summed E-state index contributed by atoms with van der Waals surface area (Å²) in [5.41, 5.74) is 5.43. The minimum atomic E-state index is -1.24. The topological polar surface area (TPSA) is 153 Å². The Morgan fingerprint density at radius 1 is 0.909 bits per heavy atom. The molecule has 0 rings (SSSR count). The van der Waals surface area contributed by atoms with Gasteiger partial charge in [-0.3, -0.25) is 14.4 Å². The number of carbonyl (C=O) groups excluding carboxylic acids is 4. The fourth-order valence-electron chi connectivity index (χ4n) is 1.32. The maximum Gasteiger partial charge on any atom is 0.330 e. The monoisotopic (exact) mass is 319 g/mol. The molecule has 0 aliphatic rings. The van der Waals surface area contributed by atoms with Crippen LogP contribution in [-0.2, 0) is 28.7 Å². The summed E-state index contributed by atoms with van der Waals surface area (Å²) >= 11 is 0. The van der Waals surface area contributed by atoms with Gasteiger partial charge in [0.15, 0.2) is 0 Å². The second-order valence-electron chi connectivity index (χ2n) is 4.89. The smallest absolute Gasteiger partial charge is 0.330 e. The minimum absolute atomic E-state index is 0.179. The van der Waals surface area contributed by atoms with Crippen LogP contribution in [0.1, 0.15) is 39.5 Å². The van der Waals surface area contributed by atoms with Gasteiger partial charge in [0.1, 0.15) is 6.04 Å². The zero-order chi connectivity index (χ0) is 17.3. The molecule has 0 aliphatic carbocycles. The molecular formula is C13H21NO8. The van der Waals surface area contributed by atoms with Crippen molar-refractivity contribution in [3.63, 3.8) is 0 Å². The molecule has 0 bridgehead atoms. The summed E-state index contributed by atoms with van der Waals surface area (Å²) in [6.45, 7) is 2.72. The molecule has 3 atom stereocenters. The fraction of sp³-hybridized carbons (Fsp3) is 0.692. The Hall–Kier alpha value is -1.84. The minimum Gasteiger partial charge on any atom is -0.393 e. The number of hydrogen-bond donors (Lipinski definition) is 3. The number of nitrogens with two attached hydrogens (primary N) is 1. The standard InChI is InChI=1S/C13H21NO8/c1-7(15)5-11(18)21-10(17)4-3-9(14)13(20)22-12(19)6-8(2)16/h7-9,15-16H,3-6,14H2,1-2H3/t7?,8?,9-/m0/s1. The third-order valence-corrected chi connectivity index (χ3v) is 2.33. The maximum absolute atomic E-state index is 11.4. The number of aliphatic hydroxyl groups is 2. The maximum atomic E-state index is 11.4. The molecule has 9 heteroatoms. The normalized spacial score (nSPS) is 14.6. The van der Waals surface area contributed by atoms with E-state index in [4.69, 9.17) is 15.9 Å². The molecule has 126 valence electrons. The van der Waals surface area contributed by atoms with Crippen LogP contribution in [0.3, 0.4) is 0 Å². The summed E-state index contributed by atoms with van der Waals surface area (Å²) in [5, 5.41) is 17.9. The molecule has 0 aromatic heterocycles. The lowest BCUT2D eigenvalue weighted by atomic mass is 10.2. The summed E-state index contributed by atoms with van der Waals surface area (Å²) in [5.74, 6) is -3.74. The van der Waals surface area contributed by atoms with Crippen LogP contribution in [0.2, 0.25) is 0 Å². The van der Waals surface area contributed by atoms with Crippen molar-refractivity contribution in [2.24, 2.45) is 5.73 Å². The van der Waals surface area contributed by atoms with Gasteiger partial charge in [-0.05, 0) is 20.3 Å². The summed E-state index contributed by atoms with van der Waals surface area (Å²) in [6.07, 6.45) is -3.07. The van der Waals surface area contributed by atoms with Gasteiger partial charge in [0.05, 0.1) is 25.0 Å². The van der Waals surface area contributed by atoms with Gasteiger partial charge in [-0.15, -0.1) is 0 Å². The van der Waals surface area contributed by atoms with E-state index in [-0.39, 0.29) is 25.7 Å². The van der Waals surface area contributed by atoms with E-state index in [1.54, 1.807) is 0 Å². The summed E-state index contributed by atoms with van der Waals surface area (Å²) < 4.78 is 8.75. The second-order valence-corrected chi connectivity index (χ2v) is 4.89. The molecule has 0 aromatic carbocycles. The van der Waals surface area contributed by atoms with E-state index in [1.807, 2.05) is 0 Å². The number of aliphatic hydroxyl groups excluding tert-OH is 2. The lowest BCUT2D eigenvalue weighted by Crippen LogP contribution is -2.35. The Kier molecular flexibility index (Phi) is 9.15. The van der Waals surface area contributed by atoms with Crippen molar-refractivity contribution >= 4 is 23.9 Å². The van der Waals surface area contributed by atoms with Crippen LogP contribution in [0.4, 0.5) is 0 Å². The Labute approximate surface area is 127 Å². The first-order valence-corrected chi connectivity index (χ1v) is 6.71. The van der Waals surface area contributed by atoms with Gasteiger partial charge in [-0.25, -0.2) is 4.79 Å². The van der Waals surface area contributed by atoms with Gasteiger partial charge in [-0.1, -0.05) is 0 Å². The summed E-state index contributed by atoms with van der Waals surface area (Å²) in [7, 11) is 0.